The van der Waals surface area contributed by atoms with Gasteiger partial charge in [-0.05, 0) is 31.6 Å². The van der Waals surface area contributed by atoms with Crippen LogP contribution in [0.5, 0.6) is 0 Å². The van der Waals surface area contributed by atoms with E-state index in [9.17, 15) is 9.90 Å². The zero-order valence-electron chi connectivity index (χ0n) is 10.8. The van der Waals surface area contributed by atoms with Crippen molar-refractivity contribution in [3.63, 3.8) is 0 Å². The zero-order valence-corrected chi connectivity index (χ0v) is 11.6. The van der Waals surface area contributed by atoms with Crippen LogP contribution in [0.4, 0.5) is 4.79 Å². The first-order chi connectivity index (χ1) is 9.29. The van der Waals surface area contributed by atoms with Crippen molar-refractivity contribution < 1.29 is 9.90 Å². The number of aliphatic hydroxyl groups excluding tert-OH is 1. The lowest BCUT2D eigenvalue weighted by Gasteiger charge is -2.26. The Balaban J connectivity index is 1.67. The number of nitrogens with one attached hydrogen (secondary N) is 1. The fourth-order valence-electron chi connectivity index (χ4n) is 2.71. The van der Waals surface area contributed by atoms with E-state index in [-0.39, 0.29) is 24.7 Å². The van der Waals surface area contributed by atoms with Crippen molar-refractivity contribution in [3.05, 3.63) is 16.6 Å². The third kappa shape index (κ3) is 2.74. The molecule has 6 heteroatoms. The van der Waals surface area contributed by atoms with Crippen molar-refractivity contribution in [3.8, 4) is 0 Å². The van der Waals surface area contributed by atoms with Gasteiger partial charge in [0.15, 0.2) is 0 Å². The van der Waals surface area contributed by atoms with Crippen LogP contribution in [0.3, 0.4) is 0 Å². The third-order valence-electron chi connectivity index (χ3n) is 3.94. The Morgan fingerprint density at radius 2 is 2.42 bits per heavy atom. The molecule has 1 saturated heterocycles. The normalized spacial score (nSPS) is 24.5. The van der Waals surface area contributed by atoms with Crippen LogP contribution in [0.15, 0.2) is 11.6 Å². The summed E-state index contributed by atoms with van der Waals surface area (Å²) in [5.74, 6) is 0.533. The topological polar surface area (TPSA) is 65.5 Å². The maximum Gasteiger partial charge on any atom is 0.318 e. The number of hydrogen-bond donors (Lipinski definition) is 2. The minimum Gasteiger partial charge on any atom is -0.394 e. The maximum atomic E-state index is 12.3. The molecule has 2 N–H and O–H groups in total. The number of nitrogens with zero attached hydrogens (tertiary/aromatic N) is 2. The zero-order chi connectivity index (χ0) is 13.2. The molecule has 104 valence electrons. The van der Waals surface area contributed by atoms with E-state index < -0.39 is 0 Å². The number of carbonyl (C=O) groups excluding carboxylic acids is 1. The van der Waals surface area contributed by atoms with Gasteiger partial charge in [0.2, 0.25) is 0 Å². The lowest BCUT2D eigenvalue weighted by Crippen LogP contribution is -2.45. The Morgan fingerprint density at radius 1 is 1.58 bits per heavy atom. The number of urea groups is 1. The maximum absolute atomic E-state index is 12.3. The van der Waals surface area contributed by atoms with Crippen molar-refractivity contribution in [2.24, 2.45) is 5.92 Å². The lowest BCUT2D eigenvalue weighted by atomic mass is 10.2. The number of rotatable bonds is 4. The number of aromatic nitrogens is 1. The van der Waals surface area contributed by atoms with Gasteiger partial charge in [-0.3, -0.25) is 0 Å². The SMILES string of the molecule is O=C(N[C@@H](c1nccs1)C1CC1)N1CCC[C@@H]1CO. The molecule has 2 amide bonds. The van der Waals surface area contributed by atoms with Crippen LogP contribution >= 0.6 is 11.3 Å². The highest BCUT2D eigenvalue weighted by Gasteiger charge is 2.37. The van der Waals surface area contributed by atoms with E-state index in [0.717, 1.165) is 37.2 Å². The van der Waals surface area contributed by atoms with E-state index in [2.05, 4.69) is 10.3 Å². The average Bonchev–Trinajstić information content (AvgIpc) is 2.95. The molecule has 1 aromatic rings. The predicted octanol–water partition coefficient (Wildman–Crippen LogP) is 1.76. The van der Waals surface area contributed by atoms with Crippen molar-refractivity contribution >= 4 is 17.4 Å². The van der Waals surface area contributed by atoms with E-state index in [4.69, 9.17) is 0 Å². The number of amides is 2. The van der Waals surface area contributed by atoms with Gasteiger partial charge in [-0.15, -0.1) is 11.3 Å². The smallest absolute Gasteiger partial charge is 0.318 e. The summed E-state index contributed by atoms with van der Waals surface area (Å²) in [7, 11) is 0. The van der Waals surface area contributed by atoms with Crippen LogP contribution in [0.25, 0.3) is 0 Å². The molecule has 3 rings (SSSR count). The molecular formula is C13H19N3O2S. The molecule has 1 aliphatic heterocycles. The Hall–Kier alpha value is -1.14. The van der Waals surface area contributed by atoms with Crippen LogP contribution in [-0.4, -0.2) is 40.2 Å². The molecule has 2 aliphatic rings. The van der Waals surface area contributed by atoms with E-state index in [0.29, 0.717) is 5.92 Å². The van der Waals surface area contributed by atoms with Gasteiger partial charge < -0.3 is 15.3 Å². The predicted molar refractivity (Wildman–Crippen MR) is 72.9 cm³/mol. The Morgan fingerprint density at radius 3 is 3.05 bits per heavy atom. The summed E-state index contributed by atoms with van der Waals surface area (Å²) in [4.78, 5) is 18.4. The van der Waals surface area contributed by atoms with Gasteiger partial charge in [0, 0.05) is 18.1 Å². The molecule has 0 aromatic carbocycles. The molecule has 0 spiro atoms. The minimum atomic E-state index is -0.0522. The number of likely N-dealkylation sites (tertiary alicyclic amines) is 1. The highest BCUT2D eigenvalue weighted by atomic mass is 32.1. The van der Waals surface area contributed by atoms with Gasteiger partial charge in [-0.1, -0.05) is 0 Å². The summed E-state index contributed by atoms with van der Waals surface area (Å²) < 4.78 is 0. The van der Waals surface area contributed by atoms with Crippen LogP contribution in [0, 0.1) is 5.92 Å². The fourth-order valence-corrected chi connectivity index (χ4v) is 3.49. The van der Waals surface area contributed by atoms with Gasteiger partial charge in [0.1, 0.15) is 5.01 Å². The first kappa shape index (κ1) is 12.9. The summed E-state index contributed by atoms with van der Waals surface area (Å²) in [5, 5.41) is 15.3. The quantitative estimate of drug-likeness (QED) is 0.884. The lowest BCUT2D eigenvalue weighted by molar-refractivity contribution is 0.153. The summed E-state index contributed by atoms with van der Waals surface area (Å²) >= 11 is 1.60. The van der Waals surface area contributed by atoms with Crippen molar-refractivity contribution in [1.82, 2.24) is 15.2 Å². The molecule has 19 heavy (non-hydrogen) atoms. The summed E-state index contributed by atoms with van der Waals surface area (Å²) in [6.07, 6.45) is 5.98. The van der Waals surface area contributed by atoms with Crippen molar-refractivity contribution in [2.45, 2.75) is 37.8 Å². The van der Waals surface area contributed by atoms with E-state index >= 15 is 0 Å². The molecule has 0 radical (unpaired) electrons. The number of thiazole rings is 1. The second-order valence-electron chi connectivity index (χ2n) is 5.31. The molecule has 2 fully saturated rings. The molecular weight excluding hydrogens is 262 g/mol. The van der Waals surface area contributed by atoms with Crippen LogP contribution in [0.1, 0.15) is 36.7 Å². The molecule has 1 aromatic heterocycles. The minimum absolute atomic E-state index is 0.0175. The summed E-state index contributed by atoms with van der Waals surface area (Å²) in [6, 6.07) is -0.0211. The van der Waals surface area contributed by atoms with Crippen LogP contribution in [-0.2, 0) is 0 Å². The standard InChI is InChI=1S/C13H19N3O2S/c17-8-10-2-1-6-16(10)13(18)15-11(9-3-4-9)12-14-5-7-19-12/h5,7,9-11,17H,1-4,6,8H2,(H,15,18)/t10-,11-/m1/s1. The van der Waals surface area contributed by atoms with Gasteiger partial charge in [0.25, 0.3) is 0 Å². The first-order valence-electron chi connectivity index (χ1n) is 6.87. The molecule has 2 heterocycles. The average molecular weight is 281 g/mol. The number of carbonyl (C=O) groups is 1. The Kier molecular flexibility index (Phi) is 3.70. The fraction of sp³-hybridized carbons (Fsp3) is 0.692. The molecule has 1 aliphatic carbocycles. The van der Waals surface area contributed by atoms with Crippen molar-refractivity contribution in [2.75, 3.05) is 13.2 Å². The summed E-state index contributed by atoms with van der Waals surface area (Å²) in [5.41, 5.74) is 0. The molecule has 0 bridgehead atoms. The van der Waals surface area contributed by atoms with Crippen LogP contribution in [0.2, 0.25) is 0 Å². The summed E-state index contributed by atoms with van der Waals surface area (Å²) in [6.45, 7) is 0.797. The largest absolute Gasteiger partial charge is 0.394 e. The number of hydrogen-bond acceptors (Lipinski definition) is 4. The third-order valence-corrected chi connectivity index (χ3v) is 4.80. The van der Waals surface area contributed by atoms with E-state index in [1.165, 1.54) is 0 Å². The van der Waals surface area contributed by atoms with Gasteiger partial charge >= 0.3 is 6.03 Å². The second kappa shape index (κ2) is 5.46. The first-order valence-corrected chi connectivity index (χ1v) is 7.75. The van der Waals surface area contributed by atoms with E-state index in [1.807, 2.05) is 5.38 Å². The van der Waals surface area contributed by atoms with Gasteiger partial charge in [-0.2, -0.15) is 0 Å². The molecule has 2 atom stereocenters. The highest BCUT2D eigenvalue weighted by Crippen LogP contribution is 2.41. The van der Waals surface area contributed by atoms with E-state index in [1.54, 1.807) is 22.4 Å². The Bertz CT molecular complexity index is 433. The van der Waals surface area contributed by atoms with Gasteiger partial charge in [0.05, 0.1) is 18.7 Å². The monoisotopic (exact) mass is 281 g/mol. The molecule has 1 saturated carbocycles. The highest BCUT2D eigenvalue weighted by molar-refractivity contribution is 7.09. The van der Waals surface area contributed by atoms with Crippen LogP contribution < -0.4 is 5.32 Å². The van der Waals surface area contributed by atoms with Crippen molar-refractivity contribution in [1.29, 1.82) is 0 Å². The second-order valence-corrected chi connectivity index (χ2v) is 6.23. The van der Waals surface area contributed by atoms with Gasteiger partial charge in [-0.25, -0.2) is 9.78 Å². The number of aliphatic hydroxyl groups is 1. The molecule has 0 unspecified atom stereocenters. The molecule has 5 nitrogen and oxygen atoms in total. The Labute approximate surface area is 116 Å².